The number of rotatable bonds is 3. The standard InChI is InChI=1S/C16H28N4O2/c1-16(2,3)22-15(21)20-9-7-19(8-10-20)14(11-17)13-5-6-18(4)12-13/h5-6,12,14H,7-11,17H2,1-4H3. The molecule has 0 radical (unpaired) electrons. The van der Waals surface area contributed by atoms with Crippen molar-refractivity contribution in [1.29, 1.82) is 0 Å². The first-order valence-corrected chi connectivity index (χ1v) is 7.84. The highest BCUT2D eigenvalue weighted by Gasteiger charge is 2.29. The smallest absolute Gasteiger partial charge is 0.410 e. The largest absolute Gasteiger partial charge is 0.444 e. The van der Waals surface area contributed by atoms with Gasteiger partial charge in [-0.25, -0.2) is 4.79 Å². The molecule has 0 saturated carbocycles. The van der Waals surface area contributed by atoms with Gasteiger partial charge in [0.15, 0.2) is 0 Å². The summed E-state index contributed by atoms with van der Waals surface area (Å²) >= 11 is 0. The summed E-state index contributed by atoms with van der Waals surface area (Å²) in [5.74, 6) is 0. The predicted molar refractivity (Wildman–Crippen MR) is 86.6 cm³/mol. The Labute approximate surface area is 132 Å². The molecule has 2 rings (SSSR count). The Bertz CT molecular complexity index is 498. The molecular formula is C16H28N4O2. The fourth-order valence-electron chi connectivity index (χ4n) is 2.76. The second-order valence-electron chi connectivity index (χ2n) is 6.87. The third kappa shape index (κ3) is 4.24. The summed E-state index contributed by atoms with van der Waals surface area (Å²) < 4.78 is 7.46. The van der Waals surface area contributed by atoms with Crippen LogP contribution in [-0.4, -0.2) is 58.8 Å². The maximum absolute atomic E-state index is 12.1. The SMILES string of the molecule is Cn1ccc(C(CN)N2CCN(C(=O)OC(C)(C)C)CC2)c1. The average molecular weight is 308 g/mol. The number of nitrogens with zero attached hydrogens (tertiary/aromatic N) is 3. The fraction of sp³-hybridized carbons (Fsp3) is 0.688. The molecule has 0 aromatic carbocycles. The molecule has 6 heteroatoms. The molecule has 124 valence electrons. The fourth-order valence-corrected chi connectivity index (χ4v) is 2.76. The Morgan fingerprint density at radius 1 is 1.32 bits per heavy atom. The van der Waals surface area contributed by atoms with Gasteiger partial charge in [0.05, 0.1) is 0 Å². The van der Waals surface area contributed by atoms with Crippen molar-refractivity contribution in [2.45, 2.75) is 32.4 Å². The second kappa shape index (κ2) is 6.71. The molecule has 22 heavy (non-hydrogen) atoms. The maximum atomic E-state index is 12.1. The van der Waals surface area contributed by atoms with Crippen LogP contribution in [0.1, 0.15) is 32.4 Å². The minimum Gasteiger partial charge on any atom is -0.444 e. The van der Waals surface area contributed by atoms with Crippen molar-refractivity contribution in [3.8, 4) is 0 Å². The lowest BCUT2D eigenvalue weighted by atomic mass is 10.1. The van der Waals surface area contributed by atoms with Gasteiger partial charge in [-0.3, -0.25) is 4.90 Å². The van der Waals surface area contributed by atoms with E-state index in [1.54, 1.807) is 4.90 Å². The maximum Gasteiger partial charge on any atom is 0.410 e. The molecule has 1 atom stereocenters. The highest BCUT2D eigenvalue weighted by Crippen LogP contribution is 2.22. The van der Waals surface area contributed by atoms with Crippen molar-refractivity contribution in [2.24, 2.45) is 12.8 Å². The molecule has 0 aliphatic carbocycles. The van der Waals surface area contributed by atoms with Crippen molar-refractivity contribution in [2.75, 3.05) is 32.7 Å². The van der Waals surface area contributed by atoms with Crippen LogP contribution in [-0.2, 0) is 11.8 Å². The molecule has 0 spiro atoms. The van der Waals surface area contributed by atoms with Gasteiger partial charge in [-0.05, 0) is 32.4 Å². The van der Waals surface area contributed by atoms with E-state index < -0.39 is 5.60 Å². The minimum atomic E-state index is -0.446. The van der Waals surface area contributed by atoms with Crippen LogP contribution in [0, 0.1) is 0 Å². The number of aryl methyl sites for hydroxylation is 1. The molecule has 2 N–H and O–H groups in total. The molecule has 1 fully saturated rings. The first kappa shape index (κ1) is 16.8. The number of piperazine rings is 1. The first-order valence-electron chi connectivity index (χ1n) is 7.84. The second-order valence-corrected chi connectivity index (χ2v) is 6.87. The molecule has 1 aliphatic rings. The Morgan fingerprint density at radius 2 is 1.95 bits per heavy atom. The lowest BCUT2D eigenvalue weighted by molar-refractivity contribution is 0.0106. The summed E-state index contributed by atoms with van der Waals surface area (Å²) in [7, 11) is 2.01. The monoisotopic (exact) mass is 308 g/mol. The highest BCUT2D eigenvalue weighted by molar-refractivity contribution is 5.68. The van der Waals surface area contributed by atoms with E-state index in [-0.39, 0.29) is 12.1 Å². The van der Waals surface area contributed by atoms with Crippen LogP contribution in [0.5, 0.6) is 0 Å². The van der Waals surface area contributed by atoms with Gasteiger partial charge in [0.25, 0.3) is 0 Å². The number of carbonyl (C=O) groups excluding carboxylic acids is 1. The number of amides is 1. The Hall–Kier alpha value is -1.53. The summed E-state index contributed by atoms with van der Waals surface area (Å²) in [6.45, 7) is 9.24. The Morgan fingerprint density at radius 3 is 2.41 bits per heavy atom. The van der Waals surface area contributed by atoms with E-state index in [2.05, 4.69) is 17.2 Å². The van der Waals surface area contributed by atoms with Crippen LogP contribution in [0.2, 0.25) is 0 Å². The number of carbonyl (C=O) groups is 1. The Kier molecular flexibility index (Phi) is 5.13. The summed E-state index contributed by atoms with van der Waals surface area (Å²) in [5, 5.41) is 0. The predicted octanol–water partition coefficient (Wildman–Crippen LogP) is 1.58. The molecule has 1 aliphatic heterocycles. The minimum absolute atomic E-state index is 0.210. The quantitative estimate of drug-likeness (QED) is 0.921. The van der Waals surface area contributed by atoms with Gasteiger partial charge in [-0.2, -0.15) is 0 Å². The van der Waals surface area contributed by atoms with Crippen LogP contribution < -0.4 is 5.73 Å². The molecule has 0 bridgehead atoms. The molecule has 6 nitrogen and oxygen atoms in total. The topological polar surface area (TPSA) is 63.7 Å². The van der Waals surface area contributed by atoms with E-state index >= 15 is 0 Å². The lowest BCUT2D eigenvalue weighted by Gasteiger charge is -2.39. The number of nitrogens with two attached hydrogens (primary N) is 1. The van der Waals surface area contributed by atoms with Gasteiger partial charge in [-0.1, -0.05) is 0 Å². The Balaban J connectivity index is 1.92. The van der Waals surface area contributed by atoms with E-state index in [9.17, 15) is 4.79 Å². The van der Waals surface area contributed by atoms with E-state index in [0.717, 1.165) is 13.1 Å². The summed E-state index contributed by atoms with van der Waals surface area (Å²) in [6, 6.07) is 2.32. The van der Waals surface area contributed by atoms with Crippen molar-refractivity contribution in [3.63, 3.8) is 0 Å². The van der Waals surface area contributed by atoms with Crippen LogP contribution in [0.25, 0.3) is 0 Å². The van der Waals surface area contributed by atoms with Gasteiger partial charge in [0.2, 0.25) is 0 Å². The van der Waals surface area contributed by atoms with Gasteiger partial charge in [0, 0.05) is 58.2 Å². The van der Waals surface area contributed by atoms with Gasteiger partial charge < -0.3 is 19.9 Å². The van der Waals surface area contributed by atoms with Crippen molar-refractivity contribution < 1.29 is 9.53 Å². The number of aromatic nitrogens is 1. The van der Waals surface area contributed by atoms with Crippen molar-refractivity contribution in [3.05, 3.63) is 24.0 Å². The zero-order valence-corrected chi connectivity index (χ0v) is 14.1. The van der Waals surface area contributed by atoms with E-state index in [1.165, 1.54) is 5.56 Å². The normalized spacial score (nSPS) is 18.3. The third-order valence-electron chi connectivity index (χ3n) is 3.87. The zero-order chi connectivity index (χ0) is 16.3. The molecular weight excluding hydrogens is 280 g/mol. The third-order valence-corrected chi connectivity index (χ3v) is 3.87. The van der Waals surface area contributed by atoms with Crippen LogP contribution in [0.15, 0.2) is 18.5 Å². The summed E-state index contributed by atoms with van der Waals surface area (Å²) in [6.07, 6.45) is 3.92. The van der Waals surface area contributed by atoms with Gasteiger partial charge in [0.1, 0.15) is 5.60 Å². The molecule has 1 amide bonds. The summed E-state index contributed by atoms with van der Waals surface area (Å²) in [5.41, 5.74) is 6.75. The van der Waals surface area contributed by atoms with E-state index in [1.807, 2.05) is 38.6 Å². The van der Waals surface area contributed by atoms with E-state index in [4.69, 9.17) is 10.5 Å². The highest BCUT2D eigenvalue weighted by atomic mass is 16.6. The number of hydrogen-bond donors (Lipinski definition) is 1. The van der Waals surface area contributed by atoms with E-state index in [0.29, 0.717) is 19.6 Å². The molecule has 1 aromatic heterocycles. The van der Waals surface area contributed by atoms with Crippen LogP contribution >= 0.6 is 0 Å². The van der Waals surface area contributed by atoms with Crippen molar-refractivity contribution >= 4 is 6.09 Å². The number of ether oxygens (including phenoxy) is 1. The average Bonchev–Trinajstić information content (AvgIpc) is 2.85. The lowest BCUT2D eigenvalue weighted by Crippen LogP contribution is -2.51. The van der Waals surface area contributed by atoms with Crippen LogP contribution in [0.3, 0.4) is 0 Å². The van der Waals surface area contributed by atoms with Gasteiger partial charge in [-0.15, -0.1) is 0 Å². The molecule has 1 saturated heterocycles. The molecule has 1 aromatic rings. The molecule has 2 heterocycles. The zero-order valence-electron chi connectivity index (χ0n) is 14.1. The van der Waals surface area contributed by atoms with Crippen LogP contribution in [0.4, 0.5) is 4.79 Å². The first-order chi connectivity index (χ1) is 10.3. The number of hydrogen-bond acceptors (Lipinski definition) is 4. The molecule has 1 unspecified atom stereocenters. The summed E-state index contributed by atoms with van der Waals surface area (Å²) in [4.78, 5) is 16.2. The van der Waals surface area contributed by atoms with Crippen molar-refractivity contribution in [1.82, 2.24) is 14.4 Å². The van der Waals surface area contributed by atoms with Gasteiger partial charge >= 0.3 is 6.09 Å².